The van der Waals surface area contributed by atoms with E-state index in [-0.39, 0.29) is 22.9 Å². The molecule has 0 aliphatic heterocycles. The molecule has 2 N–H and O–H groups in total. The van der Waals surface area contributed by atoms with Crippen LogP contribution >= 0.6 is 0 Å². The average molecular weight is 442 g/mol. The smallest absolute Gasteiger partial charge is 0.309 e. The van der Waals surface area contributed by atoms with E-state index in [0.29, 0.717) is 11.1 Å². The molecule has 0 aliphatic rings. The minimum atomic E-state index is -4.71. The molecule has 9 nitrogen and oxygen atoms in total. The Morgan fingerprint density at radius 2 is 1.70 bits per heavy atom. The van der Waals surface area contributed by atoms with Crippen molar-refractivity contribution in [1.82, 2.24) is 9.78 Å². The van der Waals surface area contributed by atoms with Crippen LogP contribution in [0.5, 0.6) is 0 Å². The van der Waals surface area contributed by atoms with Gasteiger partial charge in [-0.25, -0.2) is 18.2 Å². The number of hydrogen-bond donors (Lipinski definition) is 1. The molecule has 158 valence electrons. The molecule has 0 radical (unpaired) electrons. The summed E-state index contributed by atoms with van der Waals surface area (Å²) in [5, 5.41) is 17.9. The maximum absolute atomic E-state index is 13.2. The van der Waals surface area contributed by atoms with Crippen LogP contribution < -0.4 is 5.14 Å². The molecule has 0 unspecified atom stereocenters. The molecule has 0 amide bonds. The summed E-state index contributed by atoms with van der Waals surface area (Å²) in [6, 6.07) is 11.6. The third kappa shape index (κ3) is 4.75. The Bertz CT molecular complexity index is 1170. The third-order valence-corrected chi connectivity index (χ3v) is 4.93. The third-order valence-electron chi connectivity index (χ3n) is 4.00. The van der Waals surface area contributed by atoms with E-state index in [1.807, 2.05) is 0 Å². The molecule has 0 spiro atoms. The van der Waals surface area contributed by atoms with Crippen molar-refractivity contribution in [3.63, 3.8) is 0 Å². The first-order valence-electron chi connectivity index (χ1n) is 8.12. The molecule has 3 aromatic rings. The number of primary sulfonamides is 1. The lowest BCUT2D eigenvalue weighted by molar-refractivity contribution is -0.763. The largest absolute Gasteiger partial charge is 0.435 e. The Balaban J connectivity index is 2.04. The van der Waals surface area contributed by atoms with Gasteiger partial charge in [-0.2, -0.15) is 18.3 Å². The standard InChI is InChI=1S/C17H13F3N4O5S/c18-17(19,20)16-9-15(12-3-1-11(2-4-12)10-29-24(25)26)23(22-16)13-5-7-14(8-6-13)30(21,27)28/h1-9H,10H2,(H2,21,27,28). The molecular weight excluding hydrogens is 429 g/mol. The normalized spacial score (nSPS) is 12.0. The van der Waals surface area contributed by atoms with E-state index in [1.165, 1.54) is 36.4 Å². The molecule has 2 aromatic carbocycles. The van der Waals surface area contributed by atoms with E-state index in [9.17, 15) is 31.7 Å². The Morgan fingerprint density at radius 3 is 2.20 bits per heavy atom. The van der Waals surface area contributed by atoms with Crippen molar-refractivity contribution in [2.24, 2.45) is 5.14 Å². The summed E-state index contributed by atoms with van der Waals surface area (Å²) in [4.78, 5) is 14.3. The highest BCUT2D eigenvalue weighted by atomic mass is 32.2. The fraction of sp³-hybridized carbons (Fsp3) is 0.118. The number of nitrogens with two attached hydrogens (primary N) is 1. The van der Waals surface area contributed by atoms with Crippen LogP contribution in [0.4, 0.5) is 13.2 Å². The second-order valence-electron chi connectivity index (χ2n) is 6.06. The molecule has 0 aliphatic carbocycles. The van der Waals surface area contributed by atoms with Gasteiger partial charge in [-0.3, -0.25) is 0 Å². The van der Waals surface area contributed by atoms with Crippen molar-refractivity contribution < 1.29 is 31.5 Å². The lowest BCUT2D eigenvalue weighted by atomic mass is 10.1. The highest BCUT2D eigenvalue weighted by molar-refractivity contribution is 7.89. The second-order valence-corrected chi connectivity index (χ2v) is 7.62. The molecule has 0 fully saturated rings. The first-order chi connectivity index (χ1) is 13.9. The van der Waals surface area contributed by atoms with Crippen molar-refractivity contribution in [3.8, 4) is 16.9 Å². The minimum absolute atomic E-state index is 0.0763. The maximum atomic E-state index is 13.2. The maximum Gasteiger partial charge on any atom is 0.435 e. The highest BCUT2D eigenvalue weighted by Gasteiger charge is 2.35. The van der Waals surface area contributed by atoms with Crippen molar-refractivity contribution in [2.45, 2.75) is 17.7 Å². The zero-order chi connectivity index (χ0) is 22.1. The lowest BCUT2D eigenvalue weighted by Gasteiger charge is -2.09. The van der Waals surface area contributed by atoms with Gasteiger partial charge in [-0.15, -0.1) is 10.1 Å². The van der Waals surface area contributed by atoms with E-state index in [2.05, 4.69) is 9.94 Å². The van der Waals surface area contributed by atoms with Gasteiger partial charge in [-0.1, -0.05) is 24.3 Å². The SMILES string of the molecule is NS(=O)(=O)c1ccc(-n2nc(C(F)(F)F)cc2-c2ccc(CO[N+](=O)[O-])cc2)cc1. The van der Waals surface area contributed by atoms with Gasteiger partial charge in [0.05, 0.1) is 16.3 Å². The van der Waals surface area contributed by atoms with Crippen molar-refractivity contribution >= 4 is 10.0 Å². The van der Waals surface area contributed by atoms with Gasteiger partial charge in [0.25, 0.3) is 5.09 Å². The summed E-state index contributed by atoms with van der Waals surface area (Å²) < 4.78 is 63.4. The monoisotopic (exact) mass is 442 g/mol. The fourth-order valence-electron chi connectivity index (χ4n) is 2.60. The van der Waals surface area contributed by atoms with Gasteiger partial charge < -0.3 is 4.84 Å². The molecule has 0 atom stereocenters. The van der Waals surface area contributed by atoms with Crippen LogP contribution in [0.15, 0.2) is 59.5 Å². The van der Waals surface area contributed by atoms with Crippen LogP contribution in [0.2, 0.25) is 0 Å². The van der Waals surface area contributed by atoms with Crippen molar-refractivity contribution in [1.29, 1.82) is 0 Å². The predicted molar refractivity (Wildman–Crippen MR) is 97.2 cm³/mol. The molecule has 30 heavy (non-hydrogen) atoms. The number of benzene rings is 2. The molecular formula is C17H13F3N4O5S. The van der Waals surface area contributed by atoms with E-state index in [1.54, 1.807) is 0 Å². The number of halogens is 3. The van der Waals surface area contributed by atoms with Gasteiger partial charge in [0.1, 0.15) is 6.61 Å². The molecule has 0 saturated heterocycles. The topological polar surface area (TPSA) is 130 Å². The van der Waals surface area contributed by atoms with Gasteiger partial charge in [0, 0.05) is 5.56 Å². The number of rotatable bonds is 6. The minimum Gasteiger partial charge on any atom is -0.309 e. The first-order valence-corrected chi connectivity index (χ1v) is 9.67. The summed E-state index contributed by atoms with van der Waals surface area (Å²) in [7, 11) is -3.97. The number of sulfonamides is 1. The van der Waals surface area contributed by atoms with E-state index < -0.39 is 27.0 Å². The number of alkyl halides is 3. The Labute approximate surface area is 167 Å². The van der Waals surface area contributed by atoms with Crippen LogP contribution in [-0.4, -0.2) is 23.3 Å². The molecule has 1 aromatic heterocycles. The van der Waals surface area contributed by atoms with Gasteiger partial charge in [0.15, 0.2) is 5.69 Å². The van der Waals surface area contributed by atoms with Gasteiger partial charge >= 0.3 is 6.18 Å². The zero-order valence-electron chi connectivity index (χ0n) is 14.9. The summed E-state index contributed by atoms with van der Waals surface area (Å²) in [5.41, 5.74) is -0.108. The Kier molecular flexibility index (Phi) is 5.50. The van der Waals surface area contributed by atoms with E-state index >= 15 is 0 Å². The van der Waals surface area contributed by atoms with Crippen LogP contribution in [-0.2, 0) is 27.6 Å². The lowest BCUT2D eigenvalue weighted by Crippen LogP contribution is -2.12. The van der Waals surface area contributed by atoms with Crippen LogP contribution in [0.25, 0.3) is 16.9 Å². The molecule has 13 heteroatoms. The fourth-order valence-corrected chi connectivity index (χ4v) is 3.11. The summed E-state index contributed by atoms with van der Waals surface area (Å²) in [6.45, 7) is -0.310. The van der Waals surface area contributed by atoms with Crippen LogP contribution in [0, 0.1) is 10.1 Å². The molecule has 0 bridgehead atoms. The number of hydrogen-bond acceptors (Lipinski definition) is 6. The Hall–Kier alpha value is -3.45. The molecule has 0 saturated carbocycles. The number of nitrogens with zero attached hydrogens (tertiary/aromatic N) is 3. The predicted octanol–water partition coefficient (Wildman–Crippen LogP) is 2.91. The van der Waals surface area contributed by atoms with Gasteiger partial charge in [0.2, 0.25) is 10.0 Å². The van der Waals surface area contributed by atoms with Crippen molar-refractivity contribution in [2.75, 3.05) is 0 Å². The quantitative estimate of drug-likeness (QED) is 0.461. The van der Waals surface area contributed by atoms with Crippen molar-refractivity contribution in [3.05, 3.63) is 76.0 Å². The molecule has 1 heterocycles. The molecule has 3 rings (SSSR count). The second kappa shape index (κ2) is 7.76. The summed E-state index contributed by atoms with van der Waals surface area (Å²) in [5.74, 6) is 0. The number of aromatic nitrogens is 2. The Morgan fingerprint density at radius 1 is 1.10 bits per heavy atom. The van der Waals surface area contributed by atoms with E-state index in [0.717, 1.165) is 22.9 Å². The zero-order valence-corrected chi connectivity index (χ0v) is 15.7. The average Bonchev–Trinajstić information content (AvgIpc) is 3.12. The summed E-state index contributed by atoms with van der Waals surface area (Å²) in [6.07, 6.45) is -4.71. The van der Waals surface area contributed by atoms with Crippen LogP contribution in [0.3, 0.4) is 0 Å². The highest BCUT2D eigenvalue weighted by Crippen LogP contribution is 2.33. The summed E-state index contributed by atoms with van der Waals surface area (Å²) >= 11 is 0. The van der Waals surface area contributed by atoms with Crippen LogP contribution in [0.1, 0.15) is 11.3 Å². The first kappa shape index (κ1) is 21.3. The van der Waals surface area contributed by atoms with E-state index in [4.69, 9.17) is 5.14 Å². The van der Waals surface area contributed by atoms with Gasteiger partial charge in [-0.05, 0) is 35.9 Å².